The average molecular weight is 402 g/mol. The van der Waals surface area contributed by atoms with Crippen molar-refractivity contribution in [1.29, 1.82) is 0 Å². The minimum absolute atomic E-state index is 0.320. The molecule has 0 aliphatic heterocycles. The van der Waals surface area contributed by atoms with Gasteiger partial charge in [-0.15, -0.1) is 11.3 Å². The third-order valence-electron chi connectivity index (χ3n) is 5.32. The Hall–Kier alpha value is -1.85. The summed E-state index contributed by atoms with van der Waals surface area (Å²) in [6.45, 7) is 2.66. The van der Waals surface area contributed by atoms with Gasteiger partial charge in [0.05, 0.1) is 12.0 Å². The summed E-state index contributed by atoms with van der Waals surface area (Å²) in [6.07, 6.45) is 6.32. The van der Waals surface area contributed by atoms with Crippen LogP contribution in [0.3, 0.4) is 0 Å². The summed E-state index contributed by atoms with van der Waals surface area (Å²) in [7, 11) is 2.15. The lowest BCUT2D eigenvalue weighted by atomic mass is 9.94. The zero-order valence-corrected chi connectivity index (χ0v) is 17.3. The number of anilines is 1. The smallest absolute Gasteiger partial charge is 0.225 e. The minimum atomic E-state index is 0.320. The highest BCUT2D eigenvalue weighted by Gasteiger charge is 2.24. The first-order valence-corrected chi connectivity index (χ1v) is 10.8. The van der Waals surface area contributed by atoms with Gasteiger partial charge in [0.15, 0.2) is 0 Å². The molecule has 1 aromatic carbocycles. The number of halogens is 1. The van der Waals surface area contributed by atoms with Crippen molar-refractivity contribution in [2.75, 3.05) is 18.6 Å². The first-order chi connectivity index (χ1) is 13.2. The molecule has 0 atom stereocenters. The third-order valence-corrected chi connectivity index (χ3v) is 6.36. The van der Waals surface area contributed by atoms with Gasteiger partial charge < -0.3 is 9.64 Å². The summed E-state index contributed by atoms with van der Waals surface area (Å²) >= 11 is 7.88. The second-order valence-corrected chi connectivity index (χ2v) is 8.20. The van der Waals surface area contributed by atoms with E-state index in [0.717, 1.165) is 32.9 Å². The van der Waals surface area contributed by atoms with Gasteiger partial charge in [-0.3, -0.25) is 0 Å². The second kappa shape index (κ2) is 8.03. The summed E-state index contributed by atoms with van der Waals surface area (Å²) in [5, 5.41) is 3.57. The molecule has 0 spiro atoms. The Bertz CT molecular complexity index is 919. The maximum absolute atomic E-state index is 6.26. The molecule has 0 unspecified atom stereocenters. The summed E-state index contributed by atoms with van der Waals surface area (Å²) in [5.41, 5.74) is 2.31. The largest absolute Gasteiger partial charge is 0.494 e. The lowest BCUT2D eigenvalue weighted by molar-refractivity contribution is 0.340. The van der Waals surface area contributed by atoms with E-state index in [1.54, 1.807) is 11.3 Å². The maximum Gasteiger partial charge on any atom is 0.225 e. The van der Waals surface area contributed by atoms with Crippen LogP contribution in [0.5, 0.6) is 5.75 Å². The van der Waals surface area contributed by atoms with Crippen LogP contribution < -0.4 is 9.64 Å². The van der Waals surface area contributed by atoms with Gasteiger partial charge in [-0.25, -0.2) is 4.98 Å². The molecule has 27 heavy (non-hydrogen) atoms. The molecule has 4 rings (SSSR count). The molecule has 0 amide bonds. The van der Waals surface area contributed by atoms with Gasteiger partial charge in [-0.1, -0.05) is 31.4 Å². The van der Waals surface area contributed by atoms with Gasteiger partial charge in [-0.2, -0.15) is 4.98 Å². The Kier molecular flexibility index (Phi) is 5.50. The molecule has 0 bridgehead atoms. The van der Waals surface area contributed by atoms with Crippen LogP contribution in [0.1, 0.15) is 39.0 Å². The van der Waals surface area contributed by atoms with Crippen molar-refractivity contribution >= 4 is 39.0 Å². The molecule has 1 aliphatic carbocycles. The molecule has 1 aliphatic rings. The van der Waals surface area contributed by atoms with Crippen molar-refractivity contribution in [1.82, 2.24) is 9.97 Å². The number of ether oxygens (including phenoxy) is 1. The lowest BCUT2D eigenvalue weighted by Gasteiger charge is -2.32. The van der Waals surface area contributed by atoms with E-state index < -0.39 is 0 Å². The van der Waals surface area contributed by atoms with Gasteiger partial charge in [0.25, 0.3) is 0 Å². The van der Waals surface area contributed by atoms with E-state index in [2.05, 4.69) is 39.4 Å². The maximum atomic E-state index is 6.26. The predicted molar refractivity (Wildman–Crippen MR) is 114 cm³/mol. The molecule has 2 heterocycles. The number of rotatable bonds is 5. The summed E-state index contributed by atoms with van der Waals surface area (Å²) in [5.74, 6) is 1.83. The highest BCUT2D eigenvalue weighted by Crippen LogP contribution is 2.40. The van der Waals surface area contributed by atoms with Gasteiger partial charge in [-0.05, 0) is 49.1 Å². The molecule has 0 saturated heterocycles. The number of nitrogens with zero attached hydrogens (tertiary/aromatic N) is 3. The lowest BCUT2D eigenvalue weighted by Crippen LogP contribution is -2.34. The van der Waals surface area contributed by atoms with Crippen molar-refractivity contribution in [2.24, 2.45) is 0 Å². The van der Waals surface area contributed by atoms with Crippen LogP contribution in [0.25, 0.3) is 21.3 Å². The second-order valence-electron chi connectivity index (χ2n) is 7.01. The molecule has 0 N–H and O–H groups in total. The van der Waals surface area contributed by atoms with Crippen LogP contribution in [-0.4, -0.2) is 29.7 Å². The molecular weight excluding hydrogens is 378 g/mol. The summed E-state index contributed by atoms with van der Waals surface area (Å²) in [6, 6.07) is 8.76. The highest BCUT2D eigenvalue weighted by atomic mass is 35.5. The topological polar surface area (TPSA) is 38.3 Å². The zero-order chi connectivity index (χ0) is 18.8. The van der Waals surface area contributed by atoms with Gasteiger partial charge in [0.1, 0.15) is 16.4 Å². The number of benzene rings is 1. The Labute approximate surface area is 169 Å². The minimum Gasteiger partial charge on any atom is -0.494 e. The summed E-state index contributed by atoms with van der Waals surface area (Å²) < 4.78 is 5.57. The Morgan fingerprint density at radius 3 is 2.59 bits per heavy atom. The van der Waals surface area contributed by atoms with E-state index in [1.165, 1.54) is 32.1 Å². The first kappa shape index (κ1) is 18.5. The number of aromatic nitrogens is 2. The van der Waals surface area contributed by atoms with Crippen LogP contribution in [0, 0.1) is 0 Å². The van der Waals surface area contributed by atoms with Crippen LogP contribution in [0.15, 0.2) is 29.6 Å². The van der Waals surface area contributed by atoms with Crippen LogP contribution in [-0.2, 0) is 0 Å². The Morgan fingerprint density at radius 1 is 1.15 bits per heavy atom. The molecule has 3 aromatic rings. The fourth-order valence-corrected chi connectivity index (χ4v) is 5.06. The predicted octanol–water partition coefficient (Wildman–Crippen LogP) is 6.18. The molecule has 142 valence electrons. The normalized spacial score (nSPS) is 15.2. The van der Waals surface area contributed by atoms with Crippen molar-refractivity contribution in [3.63, 3.8) is 0 Å². The Balaban J connectivity index is 1.78. The molecule has 1 fully saturated rings. The van der Waals surface area contributed by atoms with E-state index in [0.29, 0.717) is 17.9 Å². The molecule has 1 saturated carbocycles. The third kappa shape index (κ3) is 3.76. The monoisotopic (exact) mass is 401 g/mol. The molecule has 0 radical (unpaired) electrons. The Morgan fingerprint density at radius 2 is 1.89 bits per heavy atom. The van der Waals surface area contributed by atoms with Crippen LogP contribution in [0.4, 0.5) is 5.82 Å². The number of hydrogen-bond acceptors (Lipinski definition) is 5. The summed E-state index contributed by atoms with van der Waals surface area (Å²) in [4.78, 5) is 12.4. The van der Waals surface area contributed by atoms with Crippen LogP contribution >= 0.6 is 22.9 Å². The quantitative estimate of drug-likeness (QED) is 0.478. The fourth-order valence-electron chi connectivity index (χ4n) is 3.90. The highest BCUT2D eigenvalue weighted by molar-refractivity contribution is 7.17. The molecule has 2 aromatic heterocycles. The molecule has 6 heteroatoms. The van der Waals surface area contributed by atoms with Crippen molar-refractivity contribution in [3.8, 4) is 16.9 Å². The van der Waals surface area contributed by atoms with Gasteiger partial charge >= 0.3 is 0 Å². The van der Waals surface area contributed by atoms with Gasteiger partial charge in [0.2, 0.25) is 5.28 Å². The van der Waals surface area contributed by atoms with E-state index in [1.807, 2.05) is 19.1 Å². The van der Waals surface area contributed by atoms with E-state index in [4.69, 9.17) is 16.3 Å². The van der Waals surface area contributed by atoms with E-state index in [-0.39, 0.29) is 0 Å². The number of thiophene rings is 1. The standard InChI is InChI=1S/C21H24ClN3OS/c1-3-26-16-11-9-14(10-12-16)17-13-27-20-18(17)19(23-21(22)24-20)25(2)15-7-5-4-6-8-15/h9-13,15H,3-8H2,1-2H3. The SMILES string of the molecule is CCOc1ccc(-c2csc3nc(Cl)nc(N(C)C4CCCCC4)c23)cc1. The number of fused-ring (bicyclic) bond motifs is 1. The first-order valence-electron chi connectivity index (χ1n) is 9.58. The molecular formula is C21H24ClN3OS. The van der Waals surface area contributed by atoms with Gasteiger partial charge in [0, 0.05) is 24.0 Å². The van der Waals surface area contributed by atoms with E-state index >= 15 is 0 Å². The molecule has 4 nitrogen and oxygen atoms in total. The van der Waals surface area contributed by atoms with Crippen molar-refractivity contribution in [3.05, 3.63) is 34.9 Å². The zero-order valence-electron chi connectivity index (χ0n) is 15.7. The van der Waals surface area contributed by atoms with Crippen molar-refractivity contribution < 1.29 is 4.74 Å². The fraction of sp³-hybridized carbons (Fsp3) is 0.429. The average Bonchev–Trinajstić information content (AvgIpc) is 3.12. The van der Waals surface area contributed by atoms with E-state index in [9.17, 15) is 0 Å². The van der Waals surface area contributed by atoms with Crippen LogP contribution in [0.2, 0.25) is 5.28 Å². The number of hydrogen-bond donors (Lipinski definition) is 0. The van der Waals surface area contributed by atoms with Crippen molar-refractivity contribution in [2.45, 2.75) is 45.1 Å².